The Hall–Kier alpha value is -1.74. The monoisotopic (exact) mass is 461 g/mol. The van der Waals surface area contributed by atoms with Gasteiger partial charge >= 0.3 is 0 Å². The molecule has 0 radical (unpaired) electrons. The number of hydrogen-bond acceptors (Lipinski definition) is 6. The summed E-state index contributed by atoms with van der Waals surface area (Å²) in [6.45, 7) is 1.32. The van der Waals surface area contributed by atoms with E-state index in [2.05, 4.69) is 10.8 Å². The summed E-state index contributed by atoms with van der Waals surface area (Å²) >= 11 is 3.05. The average molecular weight is 461 g/mol. The Morgan fingerprint density at radius 2 is 2.29 bits per heavy atom. The number of thiophene rings is 1. The van der Waals surface area contributed by atoms with Crippen molar-refractivity contribution in [1.29, 1.82) is 5.26 Å². The van der Waals surface area contributed by atoms with Gasteiger partial charge in [0.05, 0.1) is 24.5 Å². The number of nitrogens with zero attached hydrogens (tertiary/aromatic N) is 1. The Labute approximate surface area is 155 Å². The van der Waals surface area contributed by atoms with E-state index in [1.807, 2.05) is 28.7 Å². The van der Waals surface area contributed by atoms with Crippen molar-refractivity contribution in [2.75, 3.05) is 18.5 Å². The predicted molar refractivity (Wildman–Crippen MR) is 96.7 cm³/mol. The predicted octanol–water partition coefficient (Wildman–Crippen LogP) is 3.07. The molecule has 0 bridgehead atoms. The Balaban J connectivity index is 2.35. The minimum absolute atomic E-state index is 0.0610. The minimum Gasteiger partial charge on any atom is -0.394 e. The minimum atomic E-state index is -0.577. The molecule has 126 valence electrons. The lowest BCUT2D eigenvalue weighted by atomic mass is 10.1. The first-order valence-corrected chi connectivity index (χ1v) is 8.66. The number of nitrogens with one attached hydrogen (secondary N) is 2. The maximum atomic E-state index is 14.0. The number of rotatable bonds is 6. The van der Waals surface area contributed by atoms with E-state index >= 15 is 0 Å². The first kappa shape index (κ1) is 18.6. The highest BCUT2D eigenvalue weighted by atomic mass is 127. The second-order valence-electron chi connectivity index (χ2n) is 4.62. The third-order valence-corrected chi connectivity index (χ3v) is 4.80. The molecular formula is C15H13FIN3O3S. The lowest BCUT2D eigenvalue weighted by Gasteiger charge is -2.10. The van der Waals surface area contributed by atoms with Crippen molar-refractivity contribution in [2.45, 2.75) is 6.92 Å². The van der Waals surface area contributed by atoms with Gasteiger partial charge in [-0.25, -0.2) is 9.87 Å². The summed E-state index contributed by atoms with van der Waals surface area (Å²) in [5.74, 6) is -1.04. The van der Waals surface area contributed by atoms with Crippen molar-refractivity contribution in [3.63, 3.8) is 0 Å². The van der Waals surface area contributed by atoms with Crippen LogP contribution >= 0.6 is 33.9 Å². The zero-order valence-electron chi connectivity index (χ0n) is 12.5. The summed E-state index contributed by atoms with van der Waals surface area (Å²) in [5, 5.41) is 21.0. The number of nitriles is 1. The first-order valence-electron chi connectivity index (χ1n) is 6.76. The number of aliphatic hydroxyl groups is 1. The fourth-order valence-corrected chi connectivity index (χ4v) is 3.37. The number of hydroxylamine groups is 1. The summed E-state index contributed by atoms with van der Waals surface area (Å²) < 4.78 is 14.8. The molecule has 0 aliphatic heterocycles. The van der Waals surface area contributed by atoms with Gasteiger partial charge in [-0.1, -0.05) is 0 Å². The SMILES string of the molecule is Cc1c(C#N)sc(Nc2ccc(I)cc2F)c1C(=O)NOCCO. The maximum absolute atomic E-state index is 14.0. The molecule has 24 heavy (non-hydrogen) atoms. The van der Waals surface area contributed by atoms with Crippen LogP contribution in [0.5, 0.6) is 0 Å². The topological polar surface area (TPSA) is 94.4 Å². The molecule has 3 N–H and O–H groups in total. The summed E-state index contributed by atoms with van der Waals surface area (Å²) in [5.41, 5.74) is 3.07. The van der Waals surface area contributed by atoms with Crippen LogP contribution in [0.1, 0.15) is 20.8 Å². The Morgan fingerprint density at radius 3 is 2.92 bits per heavy atom. The molecule has 1 amide bonds. The highest BCUT2D eigenvalue weighted by Gasteiger charge is 2.22. The van der Waals surface area contributed by atoms with Crippen molar-refractivity contribution >= 4 is 50.5 Å². The number of halogens is 2. The van der Waals surface area contributed by atoms with Crippen LogP contribution in [0.2, 0.25) is 0 Å². The molecule has 2 rings (SSSR count). The Bertz CT molecular complexity index is 804. The van der Waals surface area contributed by atoms with E-state index in [9.17, 15) is 14.4 Å². The molecule has 1 aromatic heterocycles. The number of carbonyl (C=O) groups excluding carboxylic acids is 1. The smallest absolute Gasteiger partial charge is 0.278 e. The molecular weight excluding hydrogens is 448 g/mol. The van der Waals surface area contributed by atoms with Crippen LogP contribution in [-0.2, 0) is 4.84 Å². The zero-order chi connectivity index (χ0) is 17.7. The van der Waals surface area contributed by atoms with E-state index < -0.39 is 11.7 Å². The molecule has 6 nitrogen and oxygen atoms in total. The summed E-state index contributed by atoms with van der Waals surface area (Å²) in [4.78, 5) is 17.4. The zero-order valence-corrected chi connectivity index (χ0v) is 15.5. The van der Waals surface area contributed by atoms with Crippen molar-refractivity contribution in [3.05, 3.63) is 43.6 Å². The Kier molecular flexibility index (Phi) is 6.50. The number of carbonyl (C=O) groups is 1. The number of anilines is 2. The standard InChI is InChI=1S/C15H13FIN3O3S/c1-8-12(7-18)24-15(13(8)14(22)20-23-5-4-21)19-11-3-2-9(17)6-10(11)16/h2-3,6,19,21H,4-5H2,1H3,(H,20,22). The van der Waals surface area contributed by atoms with E-state index in [0.717, 1.165) is 14.9 Å². The van der Waals surface area contributed by atoms with E-state index in [0.29, 0.717) is 15.4 Å². The fourth-order valence-electron chi connectivity index (χ4n) is 1.91. The van der Waals surface area contributed by atoms with E-state index in [1.54, 1.807) is 19.1 Å². The fraction of sp³-hybridized carbons (Fsp3) is 0.200. The van der Waals surface area contributed by atoms with Crippen LogP contribution < -0.4 is 10.8 Å². The van der Waals surface area contributed by atoms with Crippen molar-refractivity contribution in [2.24, 2.45) is 0 Å². The van der Waals surface area contributed by atoms with Crippen LogP contribution in [0.25, 0.3) is 0 Å². The number of amides is 1. The molecule has 0 aliphatic rings. The largest absolute Gasteiger partial charge is 0.394 e. The Morgan fingerprint density at radius 1 is 1.54 bits per heavy atom. The van der Waals surface area contributed by atoms with Crippen molar-refractivity contribution in [1.82, 2.24) is 5.48 Å². The molecule has 0 fully saturated rings. The van der Waals surface area contributed by atoms with Crippen LogP contribution in [0.4, 0.5) is 15.1 Å². The molecule has 0 spiro atoms. The molecule has 0 saturated heterocycles. The van der Waals surface area contributed by atoms with Gasteiger partial charge in [0.1, 0.15) is 21.8 Å². The van der Waals surface area contributed by atoms with Crippen LogP contribution in [0, 0.1) is 27.6 Å². The lowest BCUT2D eigenvalue weighted by Crippen LogP contribution is -2.26. The molecule has 0 aliphatic carbocycles. The van der Waals surface area contributed by atoms with Gasteiger partial charge in [-0.3, -0.25) is 9.63 Å². The maximum Gasteiger partial charge on any atom is 0.278 e. The first-order chi connectivity index (χ1) is 11.5. The van der Waals surface area contributed by atoms with Crippen molar-refractivity contribution in [3.8, 4) is 6.07 Å². The highest BCUT2D eigenvalue weighted by molar-refractivity contribution is 14.1. The van der Waals surface area contributed by atoms with Gasteiger partial charge in [0.15, 0.2) is 0 Å². The van der Waals surface area contributed by atoms with Crippen molar-refractivity contribution < 1.29 is 19.1 Å². The van der Waals surface area contributed by atoms with Gasteiger partial charge in [-0.05, 0) is 53.3 Å². The van der Waals surface area contributed by atoms with Crippen LogP contribution in [0.3, 0.4) is 0 Å². The lowest BCUT2D eigenvalue weighted by molar-refractivity contribution is 0.0169. The van der Waals surface area contributed by atoms with E-state index in [4.69, 9.17) is 9.94 Å². The summed E-state index contributed by atoms with van der Waals surface area (Å²) in [6.07, 6.45) is 0. The normalized spacial score (nSPS) is 10.3. The number of hydrogen-bond donors (Lipinski definition) is 3. The molecule has 0 atom stereocenters. The number of aliphatic hydroxyl groups excluding tert-OH is 1. The summed E-state index contributed by atoms with van der Waals surface area (Å²) in [6, 6.07) is 6.65. The molecule has 1 heterocycles. The van der Waals surface area contributed by atoms with Gasteiger partial charge in [0, 0.05) is 3.57 Å². The highest BCUT2D eigenvalue weighted by Crippen LogP contribution is 2.35. The van der Waals surface area contributed by atoms with Crippen LogP contribution in [0.15, 0.2) is 18.2 Å². The third kappa shape index (κ3) is 4.21. The molecule has 0 saturated carbocycles. The van der Waals surface area contributed by atoms with Gasteiger partial charge < -0.3 is 10.4 Å². The quantitative estimate of drug-likeness (QED) is 0.349. The third-order valence-electron chi connectivity index (χ3n) is 3.01. The van der Waals surface area contributed by atoms with E-state index in [1.165, 1.54) is 6.07 Å². The van der Waals surface area contributed by atoms with E-state index in [-0.39, 0.29) is 24.5 Å². The second kappa shape index (κ2) is 8.39. The number of benzene rings is 1. The van der Waals surface area contributed by atoms with Gasteiger partial charge in [-0.2, -0.15) is 5.26 Å². The molecule has 0 unspecified atom stereocenters. The molecule has 2 aromatic rings. The molecule has 9 heteroatoms. The second-order valence-corrected chi connectivity index (χ2v) is 6.89. The van der Waals surface area contributed by atoms with Crippen LogP contribution in [-0.4, -0.2) is 24.2 Å². The molecule has 1 aromatic carbocycles. The average Bonchev–Trinajstić information content (AvgIpc) is 2.86. The van der Waals surface area contributed by atoms with Gasteiger partial charge in [0.2, 0.25) is 0 Å². The van der Waals surface area contributed by atoms with Gasteiger partial charge in [0.25, 0.3) is 5.91 Å². The summed E-state index contributed by atoms with van der Waals surface area (Å²) in [7, 11) is 0. The van der Waals surface area contributed by atoms with Gasteiger partial charge in [-0.15, -0.1) is 11.3 Å².